The third-order valence-electron chi connectivity index (χ3n) is 3.27. The van der Waals surface area contributed by atoms with Gasteiger partial charge in [-0.2, -0.15) is 0 Å². The van der Waals surface area contributed by atoms with E-state index in [9.17, 15) is 0 Å². The van der Waals surface area contributed by atoms with Crippen molar-refractivity contribution in [2.24, 2.45) is 0 Å². The van der Waals surface area contributed by atoms with Gasteiger partial charge in [0.05, 0.1) is 13.7 Å². The summed E-state index contributed by atoms with van der Waals surface area (Å²) < 4.78 is 7.57. The van der Waals surface area contributed by atoms with Crippen molar-refractivity contribution in [3.05, 3.63) is 65.3 Å². The molecule has 1 heterocycles. The fraction of sp³-hybridized carbons (Fsp3) is 0.125. The van der Waals surface area contributed by atoms with Gasteiger partial charge in [0, 0.05) is 22.3 Å². The van der Waals surface area contributed by atoms with Crippen molar-refractivity contribution in [3.8, 4) is 5.75 Å². The van der Waals surface area contributed by atoms with Crippen molar-refractivity contribution in [1.82, 2.24) is 4.57 Å². The first-order chi connectivity index (χ1) is 9.28. The van der Waals surface area contributed by atoms with Crippen LogP contribution in [0.25, 0.3) is 10.9 Å². The summed E-state index contributed by atoms with van der Waals surface area (Å²) in [6.07, 6.45) is 2.08. The molecule has 2 aromatic carbocycles. The van der Waals surface area contributed by atoms with Gasteiger partial charge < -0.3 is 9.30 Å². The van der Waals surface area contributed by atoms with Crippen LogP contribution in [-0.4, -0.2) is 11.7 Å². The summed E-state index contributed by atoms with van der Waals surface area (Å²) in [5.41, 5.74) is 2.29. The van der Waals surface area contributed by atoms with Crippen LogP contribution in [0.3, 0.4) is 0 Å². The number of benzene rings is 2. The molecule has 0 bridgehead atoms. The molecule has 0 amide bonds. The molecule has 3 rings (SSSR count). The van der Waals surface area contributed by atoms with Gasteiger partial charge >= 0.3 is 0 Å². The molecule has 0 radical (unpaired) electrons. The Hall–Kier alpha value is -1.93. The van der Waals surface area contributed by atoms with Crippen molar-refractivity contribution in [2.45, 2.75) is 6.54 Å². The molecule has 0 aliphatic carbocycles. The maximum absolute atomic E-state index is 6.07. The molecule has 0 atom stereocenters. The molecule has 0 saturated heterocycles. The quantitative estimate of drug-likeness (QED) is 0.691. The molecule has 2 nitrogen and oxygen atoms in total. The number of aromatic nitrogens is 1. The first kappa shape index (κ1) is 12.1. The number of rotatable bonds is 3. The van der Waals surface area contributed by atoms with E-state index in [1.165, 1.54) is 5.39 Å². The van der Waals surface area contributed by atoms with E-state index < -0.39 is 0 Å². The first-order valence-corrected chi connectivity index (χ1v) is 6.52. The Bertz CT molecular complexity index is 718. The summed E-state index contributed by atoms with van der Waals surface area (Å²) in [5.74, 6) is 0.909. The van der Waals surface area contributed by atoms with Crippen LogP contribution in [0.15, 0.2) is 54.7 Å². The monoisotopic (exact) mass is 271 g/mol. The zero-order chi connectivity index (χ0) is 13.2. The van der Waals surface area contributed by atoms with Gasteiger partial charge in [0.15, 0.2) is 0 Å². The van der Waals surface area contributed by atoms with E-state index in [4.69, 9.17) is 16.3 Å². The Balaban J connectivity index is 2.03. The number of halogens is 1. The molecule has 3 aromatic rings. The minimum absolute atomic E-state index is 0.757. The lowest BCUT2D eigenvalue weighted by Gasteiger charge is -2.10. The Kier molecular flexibility index (Phi) is 3.18. The number of hydrogen-bond donors (Lipinski definition) is 0. The van der Waals surface area contributed by atoms with Gasteiger partial charge in [0.1, 0.15) is 5.75 Å². The second kappa shape index (κ2) is 4.98. The summed E-state index contributed by atoms with van der Waals surface area (Å²) in [5, 5.41) is 1.95. The highest BCUT2D eigenvalue weighted by molar-refractivity contribution is 6.31. The normalized spacial score (nSPS) is 10.8. The minimum Gasteiger partial charge on any atom is -0.496 e. The van der Waals surface area contributed by atoms with Gasteiger partial charge in [-0.1, -0.05) is 35.9 Å². The van der Waals surface area contributed by atoms with E-state index in [0.29, 0.717) is 0 Å². The van der Waals surface area contributed by atoms with E-state index in [1.807, 2.05) is 36.4 Å². The van der Waals surface area contributed by atoms with Gasteiger partial charge in [-0.15, -0.1) is 0 Å². The highest BCUT2D eigenvalue weighted by Gasteiger charge is 2.06. The van der Waals surface area contributed by atoms with Gasteiger partial charge in [-0.05, 0) is 29.7 Å². The molecular weight excluding hydrogens is 258 g/mol. The van der Waals surface area contributed by atoms with Crippen LogP contribution in [0.4, 0.5) is 0 Å². The number of hydrogen-bond acceptors (Lipinski definition) is 1. The summed E-state index contributed by atoms with van der Waals surface area (Å²) in [6, 6.07) is 16.1. The summed E-state index contributed by atoms with van der Waals surface area (Å²) in [7, 11) is 1.70. The predicted octanol–water partition coefficient (Wildman–Crippen LogP) is 4.35. The highest BCUT2D eigenvalue weighted by Crippen LogP contribution is 2.24. The van der Waals surface area contributed by atoms with Crippen molar-refractivity contribution in [1.29, 1.82) is 0 Å². The molecule has 0 aliphatic rings. The van der Waals surface area contributed by atoms with Crippen LogP contribution in [0.5, 0.6) is 5.75 Å². The van der Waals surface area contributed by atoms with E-state index in [1.54, 1.807) is 7.11 Å². The van der Waals surface area contributed by atoms with Crippen LogP contribution in [0, 0.1) is 0 Å². The van der Waals surface area contributed by atoms with Crippen molar-refractivity contribution < 1.29 is 4.74 Å². The minimum atomic E-state index is 0.757. The summed E-state index contributed by atoms with van der Waals surface area (Å²) in [6.45, 7) is 0.772. The topological polar surface area (TPSA) is 14.2 Å². The lowest BCUT2D eigenvalue weighted by atomic mass is 10.2. The molecule has 96 valence electrons. The first-order valence-electron chi connectivity index (χ1n) is 6.14. The van der Waals surface area contributed by atoms with E-state index in [0.717, 1.165) is 28.4 Å². The van der Waals surface area contributed by atoms with E-state index in [-0.39, 0.29) is 0 Å². The van der Waals surface area contributed by atoms with Crippen LogP contribution < -0.4 is 4.74 Å². The van der Waals surface area contributed by atoms with Crippen LogP contribution in [-0.2, 0) is 6.54 Å². The Morgan fingerprint density at radius 2 is 1.95 bits per heavy atom. The maximum Gasteiger partial charge on any atom is 0.123 e. The molecule has 0 spiro atoms. The molecule has 0 fully saturated rings. The van der Waals surface area contributed by atoms with Crippen molar-refractivity contribution >= 4 is 22.5 Å². The fourth-order valence-corrected chi connectivity index (χ4v) is 2.48. The zero-order valence-corrected chi connectivity index (χ0v) is 11.4. The standard InChI is InChI=1S/C16H14ClNO/c1-19-16-5-3-2-4-13(16)11-18-9-8-12-6-7-14(17)10-15(12)18/h2-10H,11H2,1H3. The van der Waals surface area contributed by atoms with E-state index >= 15 is 0 Å². The molecule has 3 heteroatoms. The van der Waals surface area contributed by atoms with E-state index in [2.05, 4.69) is 22.9 Å². The lowest BCUT2D eigenvalue weighted by Crippen LogP contribution is -2.00. The number of methoxy groups -OCH3 is 1. The smallest absolute Gasteiger partial charge is 0.123 e. The Labute approximate surface area is 117 Å². The summed E-state index contributed by atoms with van der Waals surface area (Å²) >= 11 is 6.07. The molecule has 0 saturated carbocycles. The molecule has 0 N–H and O–H groups in total. The number of fused-ring (bicyclic) bond motifs is 1. The largest absolute Gasteiger partial charge is 0.496 e. The average Bonchev–Trinajstić information content (AvgIpc) is 2.82. The third kappa shape index (κ3) is 2.32. The number of para-hydroxylation sites is 1. The molecule has 1 aromatic heterocycles. The van der Waals surface area contributed by atoms with Crippen molar-refractivity contribution in [3.63, 3.8) is 0 Å². The molecular formula is C16H14ClNO. The molecule has 0 unspecified atom stereocenters. The fourth-order valence-electron chi connectivity index (χ4n) is 2.31. The molecule has 19 heavy (non-hydrogen) atoms. The van der Waals surface area contributed by atoms with Crippen LogP contribution in [0.1, 0.15) is 5.56 Å². The van der Waals surface area contributed by atoms with Gasteiger partial charge in [-0.3, -0.25) is 0 Å². The van der Waals surface area contributed by atoms with Gasteiger partial charge in [0.25, 0.3) is 0 Å². The SMILES string of the molecule is COc1ccccc1Cn1ccc2ccc(Cl)cc21. The second-order valence-corrected chi connectivity index (χ2v) is 4.90. The second-order valence-electron chi connectivity index (χ2n) is 4.46. The highest BCUT2D eigenvalue weighted by atomic mass is 35.5. The Morgan fingerprint density at radius 1 is 1.11 bits per heavy atom. The van der Waals surface area contributed by atoms with Gasteiger partial charge in [0.2, 0.25) is 0 Å². The zero-order valence-electron chi connectivity index (χ0n) is 10.6. The van der Waals surface area contributed by atoms with Crippen LogP contribution in [0.2, 0.25) is 5.02 Å². The predicted molar refractivity (Wildman–Crippen MR) is 79.0 cm³/mol. The Morgan fingerprint density at radius 3 is 2.79 bits per heavy atom. The summed E-state index contributed by atoms with van der Waals surface area (Å²) in [4.78, 5) is 0. The molecule has 0 aliphatic heterocycles. The lowest BCUT2D eigenvalue weighted by molar-refractivity contribution is 0.408. The number of nitrogens with zero attached hydrogens (tertiary/aromatic N) is 1. The number of ether oxygens (including phenoxy) is 1. The van der Waals surface area contributed by atoms with Crippen LogP contribution >= 0.6 is 11.6 Å². The third-order valence-corrected chi connectivity index (χ3v) is 3.50. The van der Waals surface area contributed by atoms with Gasteiger partial charge in [-0.25, -0.2) is 0 Å². The average molecular weight is 272 g/mol. The van der Waals surface area contributed by atoms with Crippen molar-refractivity contribution in [2.75, 3.05) is 7.11 Å². The maximum atomic E-state index is 6.07.